The molecule has 2 aromatic heterocycles. The zero-order valence-corrected chi connectivity index (χ0v) is 15.6. The molecule has 8 heteroatoms. The Kier molecular flexibility index (Phi) is 6.30. The molecule has 0 aliphatic heterocycles. The highest BCUT2D eigenvalue weighted by molar-refractivity contribution is 7.20. The Morgan fingerprint density at radius 3 is 2.68 bits per heavy atom. The van der Waals surface area contributed by atoms with Crippen LogP contribution in [-0.4, -0.2) is 28.5 Å². The molecule has 0 saturated heterocycles. The van der Waals surface area contributed by atoms with Crippen LogP contribution in [0.3, 0.4) is 0 Å². The lowest BCUT2D eigenvalue weighted by molar-refractivity contribution is -0.149. The average Bonchev–Trinajstić information content (AvgIpc) is 2.90. The summed E-state index contributed by atoms with van der Waals surface area (Å²) in [5.41, 5.74) is 0.187. The van der Waals surface area contributed by atoms with E-state index in [0.717, 1.165) is 24.2 Å². The fraction of sp³-hybridized carbons (Fsp3) is 0.529. The van der Waals surface area contributed by atoms with E-state index in [1.807, 2.05) is 6.92 Å². The van der Waals surface area contributed by atoms with Crippen LogP contribution in [0.2, 0.25) is 0 Å². The highest BCUT2D eigenvalue weighted by atomic mass is 32.1. The third-order valence-corrected chi connectivity index (χ3v) is 4.87. The van der Waals surface area contributed by atoms with Gasteiger partial charge < -0.3 is 14.5 Å². The van der Waals surface area contributed by atoms with Crippen molar-refractivity contribution in [3.8, 4) is 0 Å². The van der Waals surface area contributed by atoms with Gasteiger partial charge in [0.1, 0.15) is 9.71 Å². The summed E-state index contributed by atoms with van der Waals surface area (Å²) in [7, 11) is 0. The SMILES string of the molecule is CCCCC(=O)O[C@@H](C)c1nc2sc(C(=O)OCC)c(C)c2c(=O)[nH]1. The molecule has 0 aliphatic carbocycles. The molecule has 2 aromatic rings. The van der Waals surface area contributed by atoms with Crippen molar-refractivity contribution in [2.75, 3.05) is 6.61 Å². The van der Waals surface area contributed by atoms with Crippen LogP contribution in [0.25, 0.3) is 10.2 Å². The third kappa shape index (κ3) is 4.25. The smallest absolute Gasteiger partial charge is 0.348 e. The number of nitrogens with one attached hydrogen (secondary N) is 1. The van der Waals surface area contributed by atoms with Crippen molar-refractivity contribution in [1.29, 1.82) is 0 Å². The molecule has 136 valence electrons. The monoisotopic (exact) mass is 366 g/mol. The normalized spacial score (nSPS) is 12.2. The maximum absolute atomic E-state index is 12.4. The molecule has 2 rings (SSSR count). The summed E-state index contributed by atoms with van der Waals surface area (Å²) in [4.78, 5) is 43.9. The number of aromatic amines is 1. The zero-order valence-electron chi connectivity index (χ0n) is 14.8. The van der Waals surface area contributed by atoms with Gasteiger partial charge in [-0.05, 0) is 32.8 Å². The largest absolute Gasteiger partial charge is 0.462 e. The maximum atomic E-state index is 12.4. The molecule has 0 unspecified atom stereocenters. The number of H-pyrrole nitrogens is 1. The van der Waals surface area contributed by atoms with Crippen molar-refractivity contribution < 1.29 is 19.1 Å². The predicted molar refractivity (Wildman–Crippen MR) is 95.0 cm³/mol. The van der Waals surface area contributed by atoms with Crippen LogP contribution >= 0.6 is 11.3 Å². The summed E-state index contributed by atoms with van der Waals surface area (Å²) in [5.74, 6) is -0.534. The van der Waals surface area contributed by atoms with Crippen molar-refractivity contribution in [3.05, 3.63) is 26.6 Å². The summed E-state index contributed by atoms with van der Waals surface area (Å²) < 4.78 is 10.3. The maximum Gasteiger partial charge on any atom is 0.348 e. The number of aromatic nitrogens is 2. The molecular formula is C17H22N2O5S. The van der Waals surface area contributed by atoms with Crippen molar-refractivity contribution in [2.24, 2.45) is 0 Å². The van der Waals surface area contributed by atoms with Gasteiger partial charge in [-0.2, -0.15) is 0 Å². The van der Waals surface area contributed by atoms with Gasteiger partial charge in [-0.3, -0.25) is 9.59 Å². The van der Waals surface area contributed by atoms with Gasteiger partial charge in [0.2, 0.25) is 0 Å². The summed E-state index contributed by atoms with van der Waals surface area (Å²) >= 11 is 1.10. The number of fused-ring (bicyclic) bond motifs is 1. The number of thiophene rings is 1. The number of hydrogen-bond donors (Lipinski definition) is 1. The van der Waals surface area contributed by atoms with Gasteiger partial charge in [-0.1, -0.05) is 13.3 Å². The predicted octanol–water partition coefficient (Wildman–Crippen LogP) is 3.26. The van der Waals surface area contributed by atoms with E-state index in [-0.39, 0.29) is 24.0 Å². The Balaban J connectivity index is 2.33. The molecule has 25 heavy (non-hydrogen) atoms. The fourth-order valence-electron chi connectivity index (χ4n) is 2.38. The molecule has 0 aromatic carbocycles. The molecule has 1 N–H and O–H groups in total. The first-order valence-electron chi connectivity index (χ1n) is 8.28. The Hall–Kier alpha value is -2.22. The van der Waals surface area contributed by atoms with Gasteiger partial charge in [-0.25, -0.2) is 9.78 Å². The summed E-state index contributed by atoms with van der Waals surface area (Å²) in [5, 5.41) is 0.362. The van der Waals surface area contributed by atoms with Crippen molar-refractivity contribution in [3.63, 3.8) is 0 Å². The molecule has 0 amide bonds. The summed E-state index contributed by atoms with van der Waals surface area (Å²) in [6.45, 7) is 7.31. The zero-order chi connectivity index (χ0) is 18.6. The van der Waals surface area contributed by atoms with Crippen molar-refractivity contribution in [2.45, 2.75) is 53.1 Å². The van der Waals surface area contributed by atoms with Gasteiger partial charge in [0, 0.05) is 6.42 Å². The van der Waals surface area contributed by atoms with E-state index in [4.69, 9.17) is 9.47 Å². The van der Waals surface area contributed by atoms with E-state index in [2.05, 4.69) is 9.97 Å². The molecule has 0 saturated carbocycles. The highest BCUT2D eigenvalue weighted by Gasteiger charge is 2.22. The minimum atomic E-state index is -0.671. The molecule has 0 spiro atoms. The van der Waals surface area contributed by atoms with Crippen LogP contribution in [0.15, 0.2) is 4.79 Å². The number of nitrogens with zero attached hydrogens (tertiary/aromatic N) is 1. The number of aryl methyl sites for hydroxylation is 1. The van der Waals surface area contributed by atoms with Crippen LogP contribution < -0.4 is 5.56 Å². The number of hydrogen-bond acceptors (Lipinski definition) is 7. The molecule has 0 radical (unpaired) electrons. The van der Waals surface area contributed by atoms with Gasteiger partial charge >= 0.3 is 11.9 Å². The summed E-state index contributed by atoms with van der Waals surface area (Å²) in [6, 6.07) is 0. The van der Waals surface area contributed by atoms with Crippen molar-refractivity contribution in [1.82, 2.24) is 9.97 Å². The number of carbonyl (C=O) groups is 2. The van der Waals surface area contributed by atoms with E-state index < -0.39 is 12.1 Å². The number of ether oxygens (including phenoxy) is 2. The van der Waals surface area contributed by atoms with Gasteiger partial charge in [0.05, 0.1) is 12.0 Å². The molecule has 1 atom stereocenters. The van der Waals surface area contributed by atoms with Crippen LogP contribution in [0.1, 0.15) is 67.2 Å². The topological polar surface area (TPSA) is 98.3 Å². The van der Waals surface area contributed by atoms with Crippen molar-refractivity contribution >= 4 is 33.5 Å². The molecule has 7 nitrogen and oxygen atoms in total. The van der Waals surface area contributed by atoms with Gasteiger partial charge in [0.15, 0.2) is 11.9 Å². The molecule has 2 heterocycles. The highest BCUT2D eigenvalue weighted by Crippen LogP contribution is 2.28. The lowest BCUT2D eigenvalue weighted by Crippen LogP contribution is -2.17. The number of carbonyl (C=O) groups excluding carboxylic acids is 2. The van der Waals surface area contributed by atoms with Crippen LogP contribution in [0.5, 0.6) is 0 Å². The van der Waals surface area contributed by atoms with E-state index in [1.165, 1.54) is 0 Å². The number of rotatable bonds is 7. The Labute approximate surface area is 149 Å². The standard InChI is InChI=1S/C17H22N2O5S/c1-5-7-8-11(20)24-10(4)14-18-15(21)12-9(3)13(17(22)23-6-2)25-16(12)19-14/h10H,5-8H2,1-4H3,(H,18,19,21)/t10-/m0/s1. The Morgan fingerprint density at radius 1 is 1.32 bits per heavy atom. The van der Waals surface area contributed by atoms with Crippen LogP contribution in [-0.2, 0) is 14.3 Å². The van der Waals surface area contributed by atoms with E-state index in [1.54, 1.807) is 20.8 Å². The number of unbranched alkanes of at least 4 members (excludes halogenated alkanes) is 1. The lowest BCUT2D eigenvalue weighted by atomic mass is 10.2. The van der Waals surface area contributed by atoms with Gasteiger partial charge in [-0.15, -0.1) is 11.3 Å². The van der Waals surface area contributed by atoms with E-state index in [0.29, 0.717) is 27.1 Å². The van der Waals surface area contributed by atoms with Crippen LogP contribution in [0.4, 0.5) is 0 Å². The second-order valence-corrected chi connectivity index (χ2v) is 6.64. The first-order chi connectivity index (χ1) is 11.9. The lowest BCUT2D eigenvalue weighted by Gasteiger charge is -2.12. The molecule has 0 fully saturated rings. The summed E-state index contributed by atoms with van der Waals surface area (Å²) in [6.07, 6.45) is 1.31. The third-order valence-electron chi connectivity index (χ3n) is 3.71. The minimum Gasteiger partial charge on any atom is -0.462 e. The molecule has 0 aliphatic rings. The first-order valence-corrected chi connectivity index (χ1v) is 9.10. The quantitative estimate of drug-likeness (QED) is 0.755. The minimum absolute atomic E-state index is 0.256. The Bertz CT molecular complexity index is 839. The fourth-order valence-corrected chi connectivity index (χ4v) is 3.46. The first kappa shape index (κ1) is 19.1. The van der Waals surface area contributed by atoms with Crippen LogP contribution in [0, 0.1) is 6.92 Å². The second-order valence-electron chi connectivity index (χ2n) is 5.64. The van der Waals surface area contributed by atoms with E-state index >= 15 is 0 Å². The average molecular weight is 366 g/mol. The molecular weight excluding hydrogens is 344 g/mol. The second kappa shape index (κ2) is 8.24. The van der Waals surface area contributed by atoms with Gasteiger partial charge in [0.25, 0.3) is 5.56 Å². The molecule has 0 bridgehead atoms. The van der Waals surface area contributed by atoms with E-state index in [9.17, 15) is 14.4 Å². The Morgan fingerprint density at radius 2 is 2.04 bits per heavy atom. The number of esters is 2.